The molecule has 0 atom stereocenters. The van der Waals surface area contributed by atoms with Gasteiger partial charge in [-0.3, -0.25) is 0 Å². The average Bonchev–Trinajstić information content (AvgIpc) is 3.21. The van der Waals surface area contributed by atoms with Gasteiger partial charge < -0.3 is 10.5 Å². The van der Waals surface area contributed by atoms with Crippen LogP contribution in [0.1, 0.15) is 39.7 Å². The third-order valence-electron chi connectivity index (χ3n) is 3.39. The molecule has 0 amide bonds. The summed E-state index contributed by atoms with van der Waals surface area (Å²) in [4.78, 5) is 15.9. The predicted molar refractivity (Wildman–Crippen MR) is 72.3 cm³/mol. The summed E-state index contributed by atoms with van der Waals surface area (Å²) in [6, 6.07) is 1.05. The molecule has 4 nitrogen and oxygen atoms in total. The van der Waals surface area contributed by atoms with Gasteiger partial charge in [0.05, 0.1) is 18.4 Å². The first kappa shape index (κ1) is 14.1. The molecule has 0 bridgehead atoms. The van der Waals surface area contributed by atoms with Gasteiger partial charge in [0.2, 0.25) is 0 Å². The molecule has 8 heteroatoms. The molecule has 0 radical (unpaired) electrons. The number of fused-ring (bicyclic) bond motifs is 1. The summed E-state index contributed by atoms with van der Waals surface area (Å²) >= 11 is 0.836. The molecule has 0 saturated heterocycles. The zero-order chi connectivity index (χ0) is 15.4. The summed E-state index contributed by atoms with van der Waals surface area (Å²) in [7, 11) is 1.15. The zero-order valence-electron chi connectivity index (χ0n) is 11.0. The molecule has 0 aliphatic heterocycles. The molecule has 1 aliphatic rings. The Hall–Kier alpha value is -1.83. The molecule has 2 N–H and O–H groups in total. The van der Waals surface area contributed by atoms with E-state index in [1.54, 1.807) is 0 Å². The van der Waals surface area contributed by atoms with Gasteiger partial charge in [0.25, 0.3) is 0 Å². The number of carbonyl (C=O) groups is 1. The van der Waals surface area contributed by atoms with E-state index in [4.69, 9.17) is 5.73 Å². The van der Waals surface area contributed by atoms with Crippen LogP contribution in [0.4, 0.5) is 18.9 Å². The van der Waals surface area contributed by atoms with E-state index >= 15 is 0 Å². The highest BCUT2D eigenvalue weighted by Gasteiger charge is 2.38. The van der Waals surface area contributed by atoms with Gasteiger partial charge in [-0.25, -0.2) is 9.78 Å². The highest BCUT2D eigenvalue weighted by Crippen LogP contribution is 2.46. The number of nitrogens with zero attached hydrogens (tertiary/aromatic N) is 1. The number of anilines is 1. The summed E-state index contributed by atoms with van der Waals surface area (Å²) in [6.07, 6.45) is -2.88. The van der Waals surface area contributed by atoms with Crippen molar-refractivity contribution in [3.8, 4) is 0 Å². The number of nitrogen functional groups attached to an aromatic ring is 1. The number of hydrogen-bond acceptors (Lipinski definition) is 5. The van der Waals surface area contributed by atoms with E-state index in [2.05, 4.69) is 9.72 Å². The second-order valence-electron chi connectivity index (χ2n) is 4.88. The summed E-state index contributed by atoms with van der Waals surface area (Å²) in [5.74, 6) is -0.683. The SMILES string of the molecule is COC(=O)c1sc2nc(C3CC3)cc(C(F)(F)F)c2c1N. The van der Waals surface area contributed by atoms with E-state index in [9.17, 15) is 18.0 Å². The Morgan fingerprint density at radius 2 is 2.14 bits per heavy atom. The molecule has 112 valence electrons. The molecular weight excluding hydrogens is 305 g/mol. The molecule has 0 unspecified atom stereocenters. The Kier molecular flexibility index (Phi) is 3.09. The first-order valence-electron chi connectivity index (χ1n) is 6.21. The summed E-state index contributed by atoms with van der Waals surface area (Å²) < 4.78 is 44.3. The van der Waals surface area contributed by atoms with Crippen molar-refractivity contribution in [3.63, 3.8) is 0 Å². The number of thiophene rings is 1. The number of nitrogens with two attached hydrogens (primary N) is 1. The van der Waals surface area contributed by atoms with Crippen molar-refractivity contribution in [2.24, 2.45) is 0 Å². The van der Waals surface area contributed by atoms with Crippen molar-refractivity contribution >= 4 is 33.2 Å². The van der Waals surface area contributed by atoms with Gasteiger partial charge in [0.15, 0.2) is 0 Å². The summed E-state index contributed by atoms with van der Waals surface area (Å²) in [5.41, 5.74) is 5.08. The molecule has 2 heterocycles. The second-order valence-corrected chi connectivity index (χ2v) is 5.88. The van der Waals surface area contributed by atoms with Gasteiger partial charge in [-0.05, 0) is 18.9 Å². The van der Waals surface area contributed by atoms with Crippen LogP contribution in [0.15, 0.2) is 6.07 Å². The maximum absolute atomic E-state index is 13.3. The fourth-order valence-corrected chi connectivity index (χ4v) is 3.24. The number of pyridine rings is 1. The quantitative estimate of drug-likeness (QED) is 0.860. The van der Waals surface area contributed by atoms with Gasteiger partial charge in [-0.2, -0.15) is 13.2 Å². The minimum Gasteiger partial charge on any atom is -0.465 e. The van der Waals surface area contributed by atoms with Crippen molar-refractivity contribution in [1.82, 2.24) is 4.98 Å². The third kappa shape index (κ3) is 2.33. The molecular formula is C13H11F3N2O2S. The Bertz CT molecular complexity index is 735. The normalized spacial score (nSPS) is 15.4. The van der Waals surface area contributed by atoms with Crippen LogP contribution < -0.4 is 5.73 Å². The van der Waals surface area contributed by atoms with Gasteiger partial charge in [0, 0.05) is 17.0 Å². The highest BCUT2D eigenvalue weighted by molar-refractivity contribution is 7.21. The Morgan fingerprint density at radius 1 is 1.48 bits per heavy atom. The lowest BCUT2D eigenvalue weighted by molar-refractivity contribution is -0.136. The number of alkyl halides is 3. The Labute approximate surface area is 121 Å². The van der Waals surface area contributed by atoms with E-state index in [1.807, 2.05) is 0 Å². The van der Waals surface area contributed by atoms with Crippen LogP contribution in [0.2, 0.25) is 0 Å². The minimum absolute atomic E-state index is 0.0431. The molecule has 0 spiro atoms. The number of methoxy groups -OCH3 is 1. The lowest BCUT2D eigenvalue weighted by atomic mass is 10.1. The number of aromatic nitrogens is 1. The molecule has 0 aromatic carbocycles. The maximum atomic E-state index is 13.3. The first-order chi connectivity index (χ1) is 9.82. The number of halogens is 3. The van der Waals surface area contributed by atoms with Crippen molar-refractivity contribution in [1.29, 1.82) is 0 Å². The lowest BCUT2D eigenvalue weighted by Gasteiger charge is -2.10. The number of esters is 1. The van der Waals surface area contributed by atoms with Crippen LogP contribution in [0.25, 0.3) is 10.2 Å². The summed E-state index contributed by atoms with van der Waals surface area (Å²) in [5, 5.41) is -0.211. The van der Waals surface area contributed by atoms with E-state index in [-0.39, 0.29) is 26.7 Å². The van der Waals surface area contributed by atoms with E-state index in [0.29, 0.717) is 5.69 Å². The van der Waals surface area contributed by atoms with Crippen LogP contribution in [0.3, 0.4) is 0 Å². The molecule has 2 aromatic rings. The monoisotopic (exact) mass is 316 g/mol. The number of rotatable bonds is 2. The largest absolute Gasteiger partial charge is 0.465 e. The van der Waals surface area contributed by atoms with E-state index < -0.39 is 17.7 Å². The number of ether oxygens (including phenoxy) is 1. The van der Waals surface area contributed by atoms with Crippen LogP contribution in [0.5, 0.6) is 0 Å². The minimum atomic E-state index is -4.55. The smallest absolute Gasteiger partial charge is 0.417 e. The van der Waals surface area contributed by atoms with Gasteiger partial charge >= 0.3 is 12.1 Å². The Balaban J connectivity index is 2.30. The molecule has 1 aliphatic carbocycles. The molecule has 1 saturated carbocycles. The van der Waals surface area contributed by atoms with Crippen molar-refractivity contribution in [3.05, 3.63) is 22.2 Å². The fraction of sp³-hybridized carbons (Fsp3) is 0.385. The second kappa shape index (κ2) is 4.59. The molecule has 21 heavy (non-hydrogen) atoms. The standard InChI is InChI=1S/C13H11F3N2O2S/c1-20-12(19)10-9(17)8-6(13(14,15)16)4-7(5-2-3-5)18-11(8)21-10/h4-5H,2-3,17H2,1H3. The van der Waals surface area contributed by atoms with Crippen LogP contribution in [0, 0.1) is 0 Å². The molecule has 2 aromatic heterocycles. The third-order valence-corrected chi connectivity index (χ3v) is 4.47. The van der Waals surface area contributed by atoms with Crippen molar-refractivity contribution in [2.75, 3.05) is 12.8 Å². The number of hydrogen-bond donors (Lipinski definition) is 1. The van der Waals surface area contributed by atoms with Crippen LogP contribution >= 0.6 is 11.3 Å². The van der Waals surface area contributed by atoms with Gasteiger partial charge in [-0.15, -0.1) is 11.3 Å². The maximum Gasteiger partial charge on any atom is 0.417 e. The average molecular weight is 316 g/mol. The summed E-state index contributed by atoms with van der Waals surface area (Å²) in [6.45, 7) is 0. The molecule has 3 rings (SSSR count). The first-order valence-corrected chi connectivity index (χ1v) is 7.03. The lowest BCUT2D eigenvalue weighted by Crippen LogP contribution is -2.08. The van der Waals surface area contributed by atoms with Crippen molar-refractivity contribution in [2.45, 2.75) is 24.9 Å². The van der Waals surface area contributed by atoms with Gasteiger partial charge in [0.1, 0.15) is 9.71 Å². The zero-order valence-corrected chi connectivity index (χ0v) is 11.8. The Morgan fingerprint density at radius 3 is 2.67 bits per heavy atom. The fourth-order valence-electron chi connectivity index (χ4n) is 2.20. The van der Waals surface area contributed by atoms with Crippen LogP contribution in [-0.2, 0) is 10.9 Å². The van der Waals surface area contributed by atoms with Crippen LogP contribution in [-0.4, -0.2) is 18.1 Å². The topological polar surface area (TPSA) is 65.2 Å². The highest BCUT2D eigenvalue weighted by atomic mass is 32.1. The predicted octanol–water partition coefficient (Wildman–Crippen LogP) is 3.56. The van der Waals surface area contributed by atoms with E-state index in [1.165, 1.54) is 0 Å². The molecule has 1 fully saturated rings. The number of carbonyl (C=O) groups excluding carboxylic acids is 1. The van der Waals surface area contributed by atoms with Crippen molar-refractivity contribution < 1.29 is 22.7 Å². The van der Waals surface area contributed by atoms with E-state index in [0.717, 1.165) is 37.4 Å². The van der Waals surface area contributed by atoms with Gasteiger partial charge in [-0.1, -0.05) is 0 Å².